The predicted molar refractivity (Wildman–Crippen MR) is 61.3 cm³/mol. The van der Waals surface area contributed by atoms with Gasteiger partial charge >= 0.3 is 0 Å². The Morgan fingerprint density at radius 1 is 1.53 bits per heavy atom. The minimum Gasteiger partial charge on any atom is -0.493 e. The minimum atomic E-state index is -0.214. The lowest BCUT2D eigenvalue weighted by atomic mass is 10.2. The van der Waals surface area contributed by atoms with Gasteiger partial charge in [-0.15, -0.1) is 0 Å². The summed E-state index contributed by atoms with van der Waals surface area (Å²) in [5, 5.41) is 4.09. The maximum absolute atomic E-state index is 12.2. The van der Waals surface area contributed by atoms with Crippen molar-refractivity contribution in [1.82, 2.24) is 9.78 Å². The highest BCUT2D eigenvalue weighted by molar-refractivity contribution is 6.07. The van der Waals surface area contributed by atoms with Gasteiger partial charge in [0.05, 0.1) is 13.3 Å². The van der Waals surface area contributed by atoms with Gasteiger partial charge in [-0.05, 0) is 26.0 Å². The summed E-state index contributed by atoms with van der Waals surface area (Å²) in [4.78, 5) is 12.2. The van der Waals surface area contributed by atoms with Crippen LogP contribution in [0.4, 0.5) is 0 Å². The fraction of sp³-hybridized carbons (Fsp3) is 0.333. The zero-order valence-electron chi connectivity index (χ0n) is 10.1. The number of aromatic nitrogens is 2. The minimum absolute atomic E-state index is 0.214. The number of carbonyl (C=O) groups is 1. The van der Waals surface area contributed by atoms with Crippen molar-refractivity contribution in [2.75, 3.05) is 7.11 Å². The summed E-state index contributed by atoms with van der Waals surface area (Å²) in [5.41, 5.74) is 0.421. The Morgan fingerprint density at radius 3 is 2.82 bits per heavy atom. The Balaban J connectivity index is 2.45. The molecule has 17 heavy (non-hydrogen) atoms. The van der Waals surface area contributed by atoms with E-state index in [-0.39, 0.29) is 5.78 Å². The number of carbonyl (C=O) groups excluding carboxylic acids is 1. The quantitative estimate of drug-likeness (QED) is 0.759. The van der Waals surface area contributed by atoms with Gasteiger partial charge in [0.1, 0.15) is 5.76 Å². The molecule has 2 rings (SSSR count). The Labute approximate surface area is 99.0 Å². The summed E-state index contributed by atoms with van der Waals surface area (Å²) >= 11 is 0. The molecule has 0 aliphatic heterocycles. The van der Waals surface area contributed by atoms with Crippen molar-refractivity contribution in [2.24, 2.45) is 0 Å². The van der Waals surface area contributed by atoms with Crippen LogP contribution < -0.4 is 4.74 Å². The van der Waals surface area contributed by atoms with Crippen molar-refractivity contribution < 1.29 is 13.9 Å². The van der Waals surface area contributed by atoms with Gasteiger partial charge < -0.3 is 9.15 Å². The maximum Gasteiger partial charge on any atom is 0.249 e. The number of aryl methyl sites for hydroxylation is 2. The first-order valence-electron chi connectivity index (χ1n) is 5.38. The molecule has 2 aromatic heterocycles. The smallest absolute Gasteiger partial charge is 0.249 e. The highest BCUT2D eigenvalue weighted by atomic mass is 16.5. The summed E-state index contributed by atoms with van der Waals surface area (Å²) in [5.74, 6) is 1.26. The molecule has 0 unspecified atom stereocenters. The lowest BCUT2D eigenvalue weighted by Crippen LogP contribution is -2.11. The predicted octanol–water partition coefficient (Wildman–Crippen LogP) is 2.04. The fourth-order valence-corrected chi connectivity index (χ4v) is 1.66. The van der Waals surface area contributed by atoms with E-state index >= 15 is 0 Å². The van der Waals surface area contributed by atoms with E-state index in [0.717, 1.165) is 0 Å². The van der Waals surface area contributed by atoms with Crippen LogP contribution >= 0.6 is 0 Å². The van der Waals surface area contributed by atoms with Crippen LogP contribution in [0.25, 0.3) is 0 Å². The molecule has 0 aliphatic rings. The average molecular weight is 234 g/mol. The number of rotatable bonds is 4. The number of methoxy groups -OCH3 is 1. The van der Waals surface area contributed by atoms with Gasteiger partial charge in [0.2, 0.25) is 5.78 Å². The lowest BCUT2D eigenvalue weighted by molar-refractivity contribution is 0.0995. The molecule has 2 heterocycles. The van der Waals surface area contributed by atoms with Gasteiger partial charge in [-0.2, -0.15) is 5.10 Å². The Bertz CT molecular complexity index is 518. The zero-order valence-corrected chi connectivity index (χ0v) is 10.1. The van der Waals surface area contributed by atoms with E-state index in [1.165, 1.54) is 13.3 Å². The molecule has 0 amide bonds. The van der Waals surface area contributed by atoms with E-state index in [1.807, 2.05) is 6.92 Å². The summed E-state index contributed by atoms with van der Waals surface area (Å²) in [7, 11) is 1.52. The van der Waals surface area contributed by atoms with Gasteiger partial charge in [-0.3, -0.25) is 9.48 Å². The van der Waals surface area contributed by atoms with Crippen LogP contribution in [-0.4, -0.2) is 22.7 Å². The van der Waals surface area contributed by atoms with Crippen LogP contribution in [0.15, 0.2) is 22.7 Å². The Kier molecular flexibility index (Phi) is 2.99. The van der Waals surface area contributed by atoms with Crippen LogP contribution in [0, 0.1) is 6.92 Å². The molecular formula is C12H14N2O3. The molecule has 5 nitrogen and oxygen atoms in total. The van der Waals surface area contributed by atoms with Crippen molar-refractivity contribution in [3.63, 3.8) is 0 Å². The monoisotopic (exact) mass is 234 g/mol. The van der Waals surface area contributed by atoms with E-state index in [9.17, 15) is 4.79 Å². The van der Waals surface area contributed by atoms with Gasteiger partial charge in [-0.1, -0.05) is 0 Å². The summed E-state index contributed by atoms with van der Waals surface area (Å²) in [6.07, 6.45) is 1.53. The van der Waals surface area contributed by atoms with Crippen molar-refractivity contribution in [1.29, 1.82) is 0 Å². The van der Waals surface area contributed by atoms with Crippen LogP contribution in [0.5, 0.6) is 5.75 Å². The summed E-state index contributed by atoms with van der Waals surface area (Å²) in [6, 6.07) is 3.41. The van der Waals surface area contributed by atoms with Crippen LogP contribution in [0.2, 0.25) is 0 Å². The number of furan rings is 1. The molecule has 0 fully saturated rings. The number of hydrogen-bond acceptors (Lipinski definition) is 4. The molecule has 0 saturated carbocycles. The first-order valence-corrected chi connectivity index (χ1v) is 5.38. The highest BCUT2D eigenvalue weighted by Crippen LogP contribution is 2.22. The van der Waals surface area contributed by atoms with Crippen molar-refractivity contribution >= 4 is 5.78 Å². The normalized spacial score (nSPS) is 10.5. The zero-order chi connectivity index (χ0) is 12.4. The van der Waals surface area contributed by atoms with Gasteiger partial charge in [0.25, 0.3) is 0 Å². The maximum atomic E-state index is 12.2. The van der Waals surface area contributed by atoms with E-state index < -0.39 is 0 Å². The molecule has 0 N–H and O–H groups in total. The van der Waals surface area contributed by atoms with Crippen molar-refractivity contribution in [3.05, 3.63) is 35.5 Å². The molecule has 5 heteroatoms. The molecule has 0 aliphatic carbocycles. The molecule has 90 valence electrons. The largest absolute Gasteiger partial charge is 0.493 e. The van der Waals surface area contributed by atoms with Gasteiger partial charge in [-0.25, -0.2) is 0 Å². The number of hydrogen-bond donors (Lipinski definition) is 0. The second-order valence-electron chi connectivity index (χ2n) is 3.62. The summed E-state index contributed by atoms with van der Waals surface area (Å²) in [6.45, 7) is 4.31. The molecular weight excluding hydrogens is 220 g/mol. The molecule has 0 bridgehead atoms. The van der Waals surface area contributed by atoms with E-state index in [0.29, 0.717) is 29.5 Å². The second-order valence-corrected chi connectivity index (χ2v) is 3.62. The average Bonchev–Trinajstić information content (AvgIpc) is 2.93. The topological polar surface area (TPSA) is 57.3 Å². The number of ketones is 1. The van der Waals surface area contributed by atoms with E-state index in [2.05, 4.69) is 5.10 Å². The van der Waals surface area contributed by atoms with Crippen LogP contribution in [0.3, 0.4) is 0 Å². The molecule has 0 spiro atoms. The SMILES string of the molecule is CCn1ncc(OC)c1C(=O)c1ccc(C)o1. The first-order chi connectivity index (χ1) is 8.17. The van der Waals surface area contributed by atoms with Crippen molar-refractivity contribution in [3.8, 4) is 5.75 Å². The highest BCUT2D eigenvalue weighted by Gasteiger charge is 2.22. The fourth-order valence-electron chi connectivity index (χ4n) is 1.66. The molecule has 0 atom stereocenters. The van der Waals surface area contributed by atoms with Crippen LogP contribution in [-0.2, 0) is 6.54 Å². The van der Waals surface area contributed by atoms with E-state index in [4.69, 9.17) is 9.15 Å². The van der Waals surface area contributed by atoms with Crippen molar-refractivity contribution in [2.45, 2.75) is 20.4 Å². The third kappa shape index (κ3) is 1.95. The van der Waals surface area contributed by atoms with Crippen LogP contribution in [0.1, 0.15) is 28.9 Å². The van der Waals surface area contributed by atoms with Gasteiger partial charge in [0, 0.05) is 6.54 Å². The van der Waals surface area contributed by atoms with E-state index in [1.54, 1.807) is 23.7 Å². The van der Waals surface area contributed by atoms with Gasteiger partial charge in [0.15, 0.2) is 17.2 Å². The Hall–Kier alpha value is -2.04. The number of nitrogens with zero attached hydrogens (tertiary/aromatic N) is 2. The second kappa shape index (κ2) is 4.45. The lowest BCUT2D eigenvalue weighted by Gasteiger charge is -2.04. The molecule has 2 aromatic rings. The summed E-state index contributed by atoms with van der Waals surface area (Å²) < 4.78 is 12.0. The number of ether oxygens (including phenoxy) is 1. The standard InChI is InChI=1S/C12H14N2O3/c1-4-14-11(10(16-3)7-13-14)12(15)9-6-5-8(2)17-9/h5-7H,4H2,1-3H3. The molecule has 0 saturated heterocycles. The first kappa shape index (κ1) is 11.4. The molecule has 0 radical (unpaired) electrons. The third-order valence-electron chi connectivity index (χ3n) is 2.50. The third-order valence-corrected chi connectivity index (χ3v) is 2.50. The molecule has 0 aromatic carbocycles. The Morgan fingerprint density at radius 2 is 2.29 bits per heavy atom.